The van der Waals surface area contributed by atoms with Crippen molar-refractivity contribution in [2.75, 3.05) is 31.1 Å². The summed E-state index contributed by atoms with van der Waals surface area (Å²) >= 11 is 0. The lowest BCUT2D eigenvalue weighted by Gasteiger charge is -2.33. The number of nitrogens with zero attached hydrogens (tertiary/aromatic N) is 3. The molecular weight excluding hydrogens is 400 g/mol. The molecule has 1 N–H and O–H groups in total. The zero-order valence-electron chi connectivity index (χ0n) is 17.8. The van der Waals surface area contributed by atoms with Crippen molar-refractivity contribution in [3.63, 3.8) is 0 Å². The number of hydrogen-bond donors (Lipinski definition) is 1. The van der Waals surface area contributed by atoms with E-state index in [-0.39, 0.29) is 10.8 Å². The molecule has 0 aromatic heterocycles. The SMILES string of the molecule is C[C@H]1CCCCN1CCCNC(=O)c1ccc2c(c1)S(=O)(=O)N=C1CCCCCN12. The number of fused-ring (bicyclic) bond motifs is 3. The van der Waals surface area contributed by atoms with Crippen LogP contribution in [0.2, 0.25) is 0 Å². The maximum atomic E-state index is 12.7. The molecule has 8 heteroatoms. The maximum absolute atomic E-state index is 12.7. The van der Waals surface area contributed by atoms with Crippen LogP contribution in [0.25, 0.3) is 0 Å². The zero-order valence-corrected chi connectivity index (χ0v) is 18.6. The largest absolute Gasteiger partial charge is 0.352 e. The van der Waals surface area contributed by atoms with Crippen LogP contribution < -0.4 is 10.2 Å². The first-order valence-electron chi connectivity index (χ1n) is 11.2. The zero-order chi connectivity index (χ0) is 21.1. The van der Waals surface area contributed by atoms with Gasteiger partial charge in [-0.2, -0.15) is 8.42 Å². The van der Waals surface area contributed by atoms with E-state index in [1.807, 2.05) is 4.90 Å². The van der Waals surface area contributed by atoms with Crippen LogP contribution >= 0.6 is 0 Å². The number of piperidine rings is 1. The van der Waals surface area contributed by atoms with Crippen LogP contribution in [0, 0.1) is 0 Å². The third kappa shape index (κ3) is 4.54. The number of anilines is 1. The molecule has 1 aromatic carbocycles. The van der Waals surface area contributed by atoms with Crippen molar-refractivity contribution in [1.82, 2.24) is 10.2 Å². The molecule has 1 amide bonds. The second-order valence-electron chi connectivity index (χ2n) is 8.62. The van der Waals surface area contributed by atoms with Crippen LogP contribution in [-0.4, -0.2) is 57.3 Å². The number of rotatable bonds is 5. The molecule has 0 bridgehead atoms. The molecular formula is C22H32N4O3S. The fourth-order valence-corrected chi connectivity index (χ4v) is 5.98. The first-order valence-corrected chi connectivity index (χ1v) is 12.7. The average Bonchev–Trinajstić information content (AvgIpc) is 2.97. The fourth-order valence-electron chi connectivity index (χ4n) is 4.70. The molecule has 3 heterocycles. The number of benzene rings is 1. The van der Waals surface area contributed by atoms with E-state index < -0.39 is 10.0 Å². The van der Waals surface area contributed by atoms with Crippen molar-refractivity contribution < 1.29 is 13.2 Å². The Labute approximate surface area is 179 Å². The summed E-state index contributed by atoms with van der Waals surface area (Å²) in [5.74, 6) is 0.398. The topological polar surface area (TPSA) is 82.1 Å². The second-order valence-corrected chi connectivity index (χ2v) is 10.2. The van der Waals surface area contributed by atoms with Gasteiger partial charge in [-0.3, -0.25) is 4.79 Å². The van der Waals surface area contributed by atoms with Crippen LogP contribution in [-0.2, 0) is 10.0 Å². The number of nitrogens with one attached hydrogen (secondary N) is 1. The molecule has 0 unspecified atom stereocenters. The summed E-state index contributed by atoms with van der Waals surface area (Å²) in [6, 6.07) is 5.59. The second kappa shape index (κ2) is 9.06. The highest BCUT2D eigenvalue weighted by molar-refractivity contribution is 7.90. The van der Waals surface area contributed by atoms with Gasteiger partial charge in [-0.05, 0) is 63.8 Å². The first kappa shape index (κ1) is 21.3. The van der Waals surface area contributed by atoms with E-state index in [0.29, 0.717) is 36.1 Å². The number of hydrogen-bond acceptors (Lipinski definition) is 5. The average molecular weight is 433 g/mol. The van der Waals surface area contributed by atoms with Crippen molar-refractivity contribution >= 4 is 27.5 Å². The highest BCUT2D eigenvalue weighted by atomic mass is 32.2. The standard InChI is InChI=1S/C22H32N4O3S/c1-17-8-4-6-13-25(17)14-7-12-23-22(27)18-10-11-19-20(16-18)30(28,29)24-21-9-3-2-5-15-26(19)21/h10-11,16-17H,2-9,12-15H2,1H3,(H,23,27)/t17-/m0/s1. The number of sulfonamides is 1. The van der Waals surface area contributed by atoms with Crippen molar-refractivity contribution in [2.45, 2.75) is 69.2 Å². The van der Waals surface area contributed by atoms with Crippen LogP contribution in [0.15, 0.2) is 27.5 Å². The van der Waals surface area contributed by atoms with E-state index in [1.54, 1.807) is 12.1 Å². The number of carbonyl (C=O) groups excluding carboxylic acids is 1. The summed E-state index contributed by atoms with van der Waals surface area (Å²) in [5.41, 5.74) is 1.02. The summed E-state index contributed by atoms with van der Waals surface area (Å²) < 4.78 is 29.5. The maximum Gasteiger partial charge on any atom is 0.286 e. The molecule has 1 aromatic rings. The molecule has 7 nitrogen and oxygen atoms in total. The minimum atomic E-state index is -3.77. The summed E-state index contributed by atoms with van der Waals surface area (Å²) in [6.07, 6.45) is 8.41. The van der Waals surface area contributed by atoms with E-state index in [1.165, 1.54) is 25.3 Å². The molecule has 0 spiro atoms. The molecule has 30 heavy (non-hydrogen) atoms. The van der Waals surface area contributed by atoms with Crippen LogP contribution in [0.4, 0.5) is 5.69 Å². The van der Waals surface area contributed by atoms with E-state index >= 15 is 0 Å². The Morgan fingerprint density at radius 2 is 2.00 bits per heavy atom. The van der Waals surface area contributed by atoms with Crippen molar-refractivity contribution in [1.29, 1.82) is 0 Å². The lowest BCUT2D eigenvalue weighted by Crippen LogP contribution is -2.39. The number of carbonyl (C=O) groups is 1. The Balaban J connectivity index is 1.41. The highest BCUT2D eigenvalue weighted by Gasteiger charge is 2.32. The molecule has 3 aliphatic heterocycles. The van der Waals surface area contributed by atoms with Crippen molar-refractivity contribution in [2.24, 2.45) is 4.40 Å². The van der Waals surface area contributed by atoms with Crippen LogP contribution in [0.5, 0.6) is 0 Å². The minimum Gasteiger partial charge on any atom is -0.352 e. The van der Waals surface area contributed by atoms with Gasteiger partial charge in [-0.1, -0.05) is 12.8 Å². The van der Waals surface area contributed by atoms with Gasteiger partial charge in [0.25, 0.3) is 15.9 Å². The molecule has 4 rings (SSSR count). The number of amidine groups is 1. The molecule has 3 aliphatic rings. The number of amides is 1. The van der Waals surface area contributed by atoms with E-state index in [2.05, 4.69) is 21.5 Å². The molecule has 2 fully saturated rings. The Bertz CT molecular complexity index is 928. The molecule has 0 radical (unpaired) electrons. The summed E-state index contributed by atoms with van der Waals surface area (Å²) in [6.45, 7) is 5.73. The smallest absolute Gasteiger partial charge is 0.286 e. The third-order valence-electron chi connectivity index (χ3n) is 6.46. The van der Waals surface area contributed by atoms with Gasteiger partial charge in [0.05, 0.1) is 5.69 Å². The van der Waals surface area contributed by atoms with Gasteiger partial charge in [-0.25, -0.2) is 0 Å². The normalized spacial score (nSPS) is 23.7. The summed E-state index contributed by atoms with van der Waals surface area (Å²) in [4.78, 5) is 17.3. The molecule has 1 atom stereocenters. The lowest BCUT2D eigenvalue weighted by molar-refractivity contribution is 0.0948. The van der Waals surface area contributed by atoms with E-state index in [9.17, 15) is 13.2 Å². The highest BCUT2D eigenvalue weighted by Crippen LogP contribution is 2.35. The lowest BCUT2D eigenvalue weighted by atomic mass is 10.0. The predicted octanol–water partition coefficient (Wildman–Crippen LogP) is 3.16. The molecule has 164 valence electrons. The van der Waals surface area contributed by atoms with E-state index in [0.717, 1.165) is 45.3 Å². The van der Waals surface area contributed by atoms with Gasteiger partial charge >= 0.3 is 0 Å². The predicted molar refractivity (Wildman–Crippen MR) is 119 cm³/mol. The Morgan fingerprint density at radius 1 is 1.17 bits per heavy atom. The minimum absolute atomic E-state index is 0.142. The fraction of sp³-hybridized carbons (Fsp3) is 0.636. The van der Waals surface area contributed by atoms with Gasteiger partial charge in [-0.15, -0.1) is 4.40 Å². The number of likely N-dealkylation sites (tertiary alicyclic amines) is 1. The van der Waals surface area contributed by atoms with Gasteiger partial charge in [0.15, 0.2) is 0 Å². The molecule has 0 aliphatic carbocycles. The Morgan fingerprint density at radius 3 is 2.83 bits per heavy atom. The Hall–Kier alpha value is -1.93. The van der Waals surface area contributed by atoms with Gasteiger partial charge in [0, 0.05) is 37.7 Å². The van der Waals surface area contributed by atoms with Crippen LogP contribution in [0.3, 0.4) is 0 Å². The van der Waals surface area contributed by atoms with Gasteiger partial charge < -0.3 is 15.1 Å². The monoisotopic (exact) mass is 432 g/mol. The molecule has 0 saturated carbocycles. The van der Waals surface area contributed by atoms with Gasteiger partial charge in [0.1, 0.15) is 10.7 Å². The summed E-state index contributed by atoms with van der Waals surface area (Å²) in [7, 11) is -3.77. The Kier molecular flexibility index (Phi) is 6.43. The van der Waals surface area contributed by atoms with Crippen molar-refractivity contribution in [3.05, 3.63) is 23.8 Å². The van der Waals surface area contributed by atoms with Crippen LogP contribution in [0.1, 0.15) is 68.6 Å². The third-order valence-corrected chi connectivity index (χ3v) is 7.79. The van der Waals surface area contributed by atoms with Gasteiger partial charge in [0.2, 0.25) is 0 Å². The summed E-state index contributed by atoms with van der Waals surface area (Å²) in [5, 5.41) is 2.94. The quantitative estimate of drug-likeness (QED) is 0.723. The molecule has 2 saturated heterocycles. The van der Waals surface area contributed by atoms with Crippen molar-refractivity contribution in [3.8, 4) is 0 Å². The first-order chi connectivity index (χ1) is 14.5. The van der Waals surface area contributed by atoms with E-state index in [4.69, 9.17) is 0 Å².